The first-order valence-electron chi connectivity index (χ1n) is 5.48. The minimum Gasteiger partial charge on any atom is -0.378 e. The van der Waals surface area contributed by atoms with Gasteiger partial charge in [0.25, 0.3) is 0 Å². The van der Waals surface area contributed by atoms with Crippen molar-refractivity contribution in [1.82, 2.24) is 4.98 Å². The molecular weight excluding hydrogens is 293 g/mol. The fourth-order valence-electron chi connectivity index (χ4n) is 1.67. The van der Waals surface area contributed by atoms with Crippen LogP contribution in [0, 0.1) is 18.6 Å². The Bertz CT molecular complexity index is 595. The van der Waals surface area contributed by atoms with Gasteiger partial charge in [-0.15, -0.1) is 0 Å². The van der Waals surface area contributed by atoms with Crippen LogP contribution in [0.1, 0.15) is 11.1 Å². The van der Waals surface area contributed by atoms with Gasteiger partial charge in [-0.25, -0.2) is 13.8 Å². The predicted molar refractivity (Wildman–Crippen MR) is 72.7 cm³/mol. The molecule has 1 aromatic heterocycles. The lowest BCUT2D eigenvalue weighted by molar-refractivity contribution is 0.587. The molecule has 19 heavy (non-hydrogen) atoms. The molecule has 0 aliphatic heterocycles. The number of rotatable bonds is 3. The molecule has 0 bridgehead atoms. The Morgan fingerprint density at radius 1 is 1.21 bits per heavy atom. The fourth-order valence-corrected chi connectivity index (χ4v) is 2.27. The summed E-state index contributed by atoms with van der Waals surface area (Å²) in [5.74, 6) is -0.972. The Hall–Kier alpha value is -1.39. The highest BCUT2D eigenvalue weighted by Crippen LogP contribution is 2.27. The maximum absolute atomic E-state index is 13.5. The van der Waals surface area contributed by atoms with Crippen LogP contribution in [-0.2, 0) is 6.54 Å². The zero-order chi connectivity index (χ0) is 14.0. The van der Waals surface area contributed by atoms with Crippen LogP contribution in [0.15, 0.2) is 24.3 Å². The van der Waals surface area contributed by atoms with E-state index in [1.165, 1.54) is 0 Å². The van der Waals surface area contributed by atoms with Crippen molar-refractivity contribution in [3.05, 3.63) is 57.3 Å². The normalized spacial score (nSPS) is 10.6. The molecule has 2 aromatic rings. The number of aryl methyl sites for hydroxylation is 1. The Balaban J connectivity index is 2.21. The molecule has 2 rings (SSSR count). The largest absolute Gasteiger partial charge is 0.378 e. The summed E-state index contributed by atoms with van der Waals surface area (Å²) in [6.07, 6.45) is 0. The van der Waals surface area contributed by atoms with E-state index >= 15 is 0 Å². The summed E-state index contributed by atoms with van der Waals surface area (Å²) in [4.78, 5) is 3.89. The molecule has 1 heterocycles. The van der Waals surface area contributed by atoms with Crippen LogP contribution in [0.4, 0.5) is 14.5 Å². The second-order valence-electron chi connectivity index (χ2n) is 4.02. The maximum Gasteiger partial charge on any atom is 0.154 e. The first-order chi connectivity index (χ1) is 8.97. The topological polar surface area (TPSA) is 24.9 Å². The van der Waals surface area contributed by atoms with E-state index in [0.29, 0.717) is 5.69 Å². The first-order valence-corrected chi connectivity index (χ1v) is 6.23. The van der Waals surface area contributed by atoms with Crippen molar-refractivity contribution >= 4 is 28.9 Å². The standard InChI is InChI=1S/C13H10Cl2F2N2/c1-7-4-11(14)19-13(15)12(7)18-6-8-5-9(16)2-3-10(8)17/h2-5,18H,6H2,1H3. The van der Waals surface area contributed by atoms with Crippen molar-refractivity contribution in [2.24, 2.45) is 0 Å². The molecule has 0 radical (unpaired) electrons. The molecule has 0 spiro atoms. The molecule has 0 saturated heterocycles. The van der Waals surface area contributed by atoms with Gasteiger partial charge in [-0.1, -0.05) is 23.2 Å². The molecule has 0 saturated carbocycles. The zero-order valence-electron chi connectivity index (χ0n) is 9.98. The van der Waals surface area contributed by atoms with Crippen molar-refractivity contribution in [3.63, 3.8) is 0 Å². The van der Waals surface area contributed by atoms with Crippen molar-refractivity contribution < 1.29 is 8.78 Å². The van der Waals surface area contributed by atoms with Crippen molar-refractivity contribution in [1.29, 1.82) is 0 Å². The van der Waals surface area contributed by atoms with Gasteiger partial charge in [-0.3, -0.25) is 0 Å². The van der Waals surface area contributed by atoms with E-state index in [2.05, 4.69) is 10.3 Å². The Kier molecular flexibility index (Phi) is 4.22. The van der Waals surface area contributed by atoms with Crippen LogP contribution in [0.2, 0.25) is 10.3 Å². The Morgan fingerprint density at radius 3 is 2.63 bits per heavy atom. The predicted octanol–water partition coefficient (Wildman–Crippen LogP) is 4.59. The van der Waals surface area contributed by atoms with Gasteiger partial charge in [0.2, 0.25) is 0 Å². The summed E-state index contributed by atoms with van der Waals surface area (Å²) in [5, 5.41) is 3.41. The molecule has 1 aromatic carbocycles. The summed E-state index contributed by atoms with van der Waals surface area (Å²) in [7, 11) is 0. The first kappa shape index (κ1) is 14.0. The van der Waals surface area contributed by atoms with Gasteiger partial charge in [0, 0.05) is 12.1 Å². The molecule has 0 aliphatic rings. The van der Waals surface area contributed by atoms with E-state index < -0.39 is 11.6 Å². The van der Waals surface area contributed by atoms with Gasteiger partial charge in [0.05, 0.1) is 5.69 Å². The number of halogens is 4. The van der Waals surface area contributed by atoms with Gasteiger partial charge < -0.3 is 5.32 Å². The summed E-state index contributed by atoms with van der Waals surface area (Å²) in [5.41, 5.74) is 1.54. The minimum absolute atomic E-state index is 0.105. The molecule has 2 nitrogen and oxygen atoms in total. The Labute approximate surface area is 119 Å². The van der Waals surface area contributed by atoms with Crippen molar-refractivity contribution in [2.75, 3.05) is 5.32 Å². The molecule has 0 aliphatic carbocycles. The number of nitrogens with zero attached hydrogens (tertiary/aromatic N) is 1. The maximum atomic E-state index is 13.5. The van der Waals surface area contributed by atoms with Crippen molar-refractivity contribution in [3.8, 4) is 0 Å². The van der Waals surface area contributed by atoms with Crippen molar-refractivity contribution in [2.45, 2.75) is 13.5 Å². The van der Waals surface area contributed by atoms with Gasteiger partial charge in [-0.2, -0.15) is 0 Å². The molecule has 100 valence electrons. The number of aromatic nitrogens is 1. The summed E-state index contributed by atoms with van der Waals surface area (Å²) >= 11 is 11.7. The molecule has 0 amide bonds. The SMILES string of the molecule is Cc1cc(Cl)nc(Cl)c1NCc1cc(F)ccc1F. The summed E-state index contributed by atoms with van der Waals surface area (Å²) in [6, 6.07) is 4.93. The van der Waals surface area contributed by atoms with Gasteiger partial charge >= 0.3 is 0 Å². The third kappa shape index (κ3) is 3.33. The highest BCUT2D eigenvalue weighted by atomic mass is 35.5. The van der Waals surface area contributed by atoms with Crippen LogP contribution in [0.25, 0.3) is 0 Å². The summed E-state index contributed by atoms with van der Waals surface area (Å²) in [6.45, 7) is 1.90. The number of benzene rings is 1. The van der Waals surface area contributed by atoms with Gasteiger partial charge in [0.1, 0.15) is 16.8 Å². The highest BCUT2D eigenvalue weighted by Gasteiger charge is 2.09. The number of pyridine rings is 1. The van der Waals surface area contributed by atoms with Crippen LogP contribution in [-0.4, -0.2) is 4.98 Å². The van der Waals surface area contributed by atoms with E-state index in [1.807, 2.05) is 0 Å². The Morgan fingerprint density at radius 2 is 1.95 bits per heavy atom. The zero-order valence-corrected chi connectivity index (χ0v) is 11.5. The van der Waals surface area contributed by atoms with Crippen LogP contribution >= 0.6 is 23.2 Å². The van der Waals surface area contributed by atoms with E-state index in [9.17, 15) is 8.78 Å². The van der Waals surface area contributed by atoms with Gasteiger partial charge in [-0.05, 0) is 36.8 Å². The quantitative estimate of drug-likeness (QED) is 0.839. The molecule has 6 heteroatoms. The number of nitrogens with one attached hydrogen (secondary N) is 1. The van der Waals surface area contributed by atoms with E-state index in [1.54, 1.807) is 13.0 Å². The lowest BCUT2D eigenvalue weighted by Crippen LogP contribution is -2.05. The summed E-state index contributed by atoms with van der Waals surface area (Å²) < 4.78 is 26.5. The number of hydrogen-bond acceptors (Lipinski definition) is 2. The third-order valence-electron chi connectivity index (χ3n) is 2.60. The molecule has 0 unspecified atom stereocenters. The minimum atomic E-state index is -0.491. The van der Waals surface area contributed by atoms with Crippen LogP contribution in [0.3, 0.4) is 0 Å². The van der Waals surface area contributed by atoms with Crippen LogP contribution < -0.4 is 5.32 Å². The second kappa shape index (κ2) is 5.72. The molecule has 1 N–H and O–H groups in total. The lowest BCUT2D eigenvalue weighted by Gasteiger charge is -2.12. The number of hydrogen-bond donors (Lipinski definition) is 1. The highest BCUT2D eigenvalue weighted by molar-refractivity contribution is 6.34. The second-order valence-corrected chi connectivity index (χ2v) is 4.76. The monoisotopic (exact) mass is 302 g/mol. The van der Waals surface area contributed by atoms with E-state index in [0.717, 1.165) is 23.8 Å². The molecular formula is C13H10Cl2F2N2. The van der Waals surface area contributed by atoms with Gasteiger partial charge in [0.15, 0.2) is 5.15 Å². The van der Waals surface area contributed by atoms with E-state index in [4.69, 9.17) is 23.2 Å². The third-order valence-corrected chi connectivity index (χ3v) is 3.07. The van der Waals surface area contributed by atoms with Crippen LogP contribution in [0.5, 0.6) is 0 Å². The lowest BCUT2D eigenvalue weighted by atomic mass is 10.2. The molecule has 0 fully saturated rings. The average molecular weight is 303 g/mol. The average Bonchev–Trinajstić information content (AvgIpc) is 2.32. The smallest absolute Gasteiger partial charge is 0.154 e. The van der Waals surface area contributed by atoms with E-state index in [-0.39, 0.29) is 22.4 Å². The molecule has 0 atom stereocenters. The fraction of sp³-hybridized carbons (Fsp3) is 0.154. The number of anilines is 1.